The Morgan fingerprint density at radius 3 is 1.33 bits per heavy atom. The summed E-state index contributed by atoms with van der Waals surface area (Å²) in [6, 6.07) is 0. The quantitative estimate of drug-likeness (QED) is 0.364. The average Bonchev–Trinajstić information content (AvgIpc) is 1.27. The first-order valence-electron chi connectivity index (χ1n) is 1.10. The van der Waals surface area contributed by atoms with E-state index in [2.05, 4.69) is 4.94 Å². The van der Waals surface area contributed by atoms with Crippen molar-refractivity contribution in [1.82, 2.24) is 0 Å². The zero-order valence-corrected chi connectivity index (χ0v) is 8.87. The number of nitrogens with zero attached hydrogens (tertiary/aromatic N) is 2. The van der Waals surface area contributed by atoms with E-state index in [1.165, 1.54) is 0 Å². The van der Waals surface area contributed by atoms with E-state index < -0.39 is 10.2 Å². The van der Waals surface area contributed by atoms with Gasteiger partial charge in [-0.15, -0.1) is 20.2 Å². The minimum atomic E-state index is -1.50. The summed E-state index contributed by atoms with van der Waals surface area (Å²) in [6.07, 6.45) is 0. The Bertz CT molecular complexity index is 91.1. The zero-order chi connectivity index (χ0) is 5.86. The summed E-state index contributed by atoms with van der Waals surface area (Å²) < 4.78 is 0. The third kappa shape index (κ3) is 17.9. The number of rotatable bonds is 2. The van der Waals surface area contributed by atoms with Gasteiger partial charge in [-0.25, -0.2) is 0 Å². The van der Waals surface area contributed by atoms with Gasteiger partial charge in [0.2, 0.25) is 0 Å². The van der Waals surface area contributed by atoms with Gasteiger partial charge in [-0.2, -0.15) is 0 Å². The predicted molar refractivity (Wildman–Crippen MR) is 20.8 cm³/mol. The van der Waals surface area contributed by atoms with Gasteiger partial charge in [-0.1, -0.05) is 0 Å². The van der Waals surface area contributed by atoms with Gasteiger partial charge < -0.3 is 0 Å². The Balaban J connectivity index is -0.000000180. The number of hydrogen-bond donors (Lipinski definition) is 0. The van der Waals surface area contributed by atoms with Crippen LogP contribution in [0.4, 0.5) is 0 Å². The zero-order valence-electron chi connectivity index (χ0n) is 4.01. The van der Waals surface area contributed by atoms with Crippen molar-refractivity contribution in [2.24, 2.45) is 0 Å². The van der Waals surface area contributed by atoms with Crippen LogP contribution in [0, 0.1) is 20.2 Å². The Labute approximate surface area is 82.6 Å². The molecular weight excluding hydrogens is 271 g/mol. The Morgan fingerprint density at radius 1 is 1.11 bits per heavy atom. The topological polar surface area (TPSA) is 95.5 Å². The van der Waals surface area contributed by atoms with Gasteiger partial charge in [0, 0.05) is 52.5 Å². The SMILES string of the molecule is O=[N+]([O-])O[N+](=O)[O-].[In].[Ti]. The van der Waals surface area contributed by atoms with Crippen LogP contribution in [-0.2, 0) is 26.7 Å². The molecule has 0 aliphatic rings. The van der Waals surface area contributed by atoms with E-state index in [1.54, 1.807) is 0 Å². The first-order valence-corrected chi connectivity index (χ1v) is 1.10. The summed E-state index contributed by atoms with van der Waals surface area (Å²) in [7, 11) is 0. The molecule has 47 valence electrons. The van der Waals surface area contributed by atoms with Crippen molar-refractivity contribution in [3.8, 4) is 0 Å². The largest absolute Gasteiger partial charge is 0.356 e. The normalized spacial score (nSPS) is 5.78. The van der Waals surface area contributed by atoms with E-state index in [0.717, 1.165) is 0 Å². The molecule has 0 bridgehead atoms. The summed E-state index contributed by atoms with van der Waals surface area (Å²) >= 11 is 0. The van der Waals surface area contributed by atoms with Gasteiger partial charge in [0.25, 0.3) is 0 Å². The molecule has 0 aromatic rings. The Kier molecular flexibility index (Phi) is 14.6. The van der Waals surface area contributed by atoms with E-state index in [1.807, 2.05) is 0 Å². The van der Waals surface area contributed by atoms with E-state index in [-0.39, 0.29) is 47.6 Å². The molecule has 0 N–H and O–H groups in total. The van der Waals surface area contributed by atoms with E-state index in [0.29, 0.717) is 0 Å². The molecule has 0 aromatic carbocycles. The van der Waals surface area contributed by atoms with Crippen molar-refractivity contribution in [3.05, 3.63) is 20.2 Å². The van der Waals surface area contributed by atoms with Crippen LogP contribution in [-0.4, -0.2) is 36.0 Å². The molecule has 9 heavy (non-hydrogen) atoms. The molecule has 0 amide bonds. The molecule has 0 saturated carbocycles. The van der Waals surface area contributed by atoms with Crippen molar-refractivity contribution < 1.29 is 36.8 Å². The minimum Gasteiger partial charge on any atom is -0.105 e. The van der Waals surface area contributed by atoms with Crippen molar-refractivity contribution in [2.45, 2.75) is 0 Å². The average molecular weight is 271 g/mol. The minimum absolute atomic E-state index is 0. The second-order valence-corrected chi connectivity index (χ2v) is 0.529. The van der Waals surface area contributed by atoms with Crippen molar-refractivity contribution in [2.75, 3.05) is 0 Å². The maximum absolute atomic E-state index is 8.95. The first kappa shape index (κ1) is 16.1. The first-order chi connectivity index (χ1) is 3.13. The van der Waals surface area contributed by atoms with Crippen LogP contribution in [0.15, 0.2) is 0 Å². The molecule has 3 radical (unpaired) electrons. The van der Waals surface area contributed by atoms with Crippen molar-refractivity contribution in [1.29, 1.82) is 0 Å². The monoisotopic (exact) mass is 271 g/mol. The van der Waals surface area contributed by atoms with E-state index in [9.17, 15) is 0 Å². The van der Waals surface area contributed by atoms with Gasteiger partial charge in [-0.3, -0.25) is 0 Å². The molecule has 0 spiro atoms. The van der Waals surface area contributed by atoms with E-state index >= 15 is 0 Å². The van der Waals surface area contributed by atoms with Crippen LogP contribution in [0.1, 0.15) is 0 Å². The summed E-state index contributed by atoms with van der Waals surface area (Å²) in [5, 5.41) is 14.9. The molecule has 9 heteroatoms. The van der Waals surface area contributed by atoms with Gasteiger partial charge in [-0.05, 0) is 0 Å². The molecule has 0 rings (SSSR count). The summed E-state index contributed by atoms with van der Waals surface area (Å²) in [5.74, 6) is 0. The van der Waals surface area contributed by atoms with Gasteiger partial charge in [0.05, 0.1) is 0 Å². The maximum Gasteiger partial charge on any atom is 0.356 e. The third-order valence-electron chi connectivity index (χ3n) is 0.133. The van der Waals surface area contributed by atoms with Gasteiger partial charge in [0.1, 0.15) is 0 Å². The second-order valence-electron chi connectivity index (χ2n) is 0.529. The molecule has 0 aliphatic carbocycles. The molecule has 0 fully saturated rings. The fourth-order valence-electron chi connectivity index (χ4n) is 0.0544. The summed E-state index contributed by atoms with van der Waals surface area (Å²) in [4.78, 5) is 20.6. The molecule has 0 aliphatic heterocycles. The van der Waals surface area contributed by atoms with Crippen LogP contribution in [0.2, 0.25) is 0 Å². The Morgan fingerprint density at radius 2 is 1.33 bits per heavy atom. The standard InChI is InChI=1S/In.N2O5.Ti/c;3-1(4)7-2(5)6;. The second kappa shape index (κ2) is 8.18. The van der Waals surface area contributed by atoms with Crippen LogP contribution >= 0.6 is 0 Å². The van der Waals surface area contributed by atoms with Crippen molar-refractivity contribution in [3.63, 3.8) is 0 Å². The van der Waals surface area contributed by atoms with Gasteiger partial charge in [0.15, 0.2) is 0 Å². The molecule has 0 aromatic heterocycles. The smallest absolute Gasteiger partial charge is 0.105 e. The fraction of sp³-hybridized carbons (Fsp3) is 0. The number of hydrogen-bond acceptors (Lipinski definition) is 5. The third-order valence-corrected chi connectivity index (χ3v) is 0.133. The van der Waals surface area contributed by atoms with Crippen LogP contribution < -0.4 is 0 Å². The maximum atomic E-state index is 8.95. The molecule has 0 atom stereocenters. The molecule has 0 heterocycles. The fourth-order valence-corrected chi connectivity index (χ4v) is 0.0544. The van der Waals surface area contributed by atoms with Crippen molar-refractivity contribution >= 4 is 25.8 Å². The Hall–Kier alpha value is 0.184. The summed E-state index contributed by atoms with van der Waals surface area (Å²) in [5.41, 5.74) is 0. The van der Waals surface area contributed by atoms with Crippen LogP contribution in [0.25, 0.3) is 0 Å². The molecular formula is InN2O5Ti. The summed E-state index contributed by atoms with van der Waals surface area (Å²) in [6.45, 7) is 0. The molecule has 7 nitrogen and oxygen atoms in total. The van der Waals surface area contributed by atoms with Gasteiger partial charge >= 0.3 is 10.2 Å². The van der Waals surface area contributed by atoms with E-state index in [4.69, 9.17) is 20.2 Å². The van der Waals surface area contributed by atoms with Crippen LogP contribution in [0.3, 0.4) is 0 Å². The molecule has 0 unspecified atom stereocenters. The van der Waals surface area contributed by atoms with Crippen LogP contribution in [0.5, 0.6) is 0 Å². The molecule has 0 saturated heterocycles. The predicted octanol–water partition coefficient (Wildman–Crippen LogP) is -0.997.